The van der Waals surface area contributed by atoms with Crippen molar-refractivity contribution >= 4 is 0 Å². The summed E-state index contributed by atoms with van der Waals surface area (Å²) in [6, 6.07) is 0.768. The Morgan fingerprint density at radius 3 is 2.78 bits per heavy atom. The van der Waals surface area contributed by atoms with E-state index in [-0.39, 0.29) is 12.1 Å². The topological polar surface area (TPSA) is 59.8 Å². The van der Waals surface area contributed by atoms with E-state index < -0.39 is 0 Å². The normalized spacial score (nSPS) is 32.7. The van der Waals surface area contributed by atoms with Gasteiger partial charge in [0.1, 0.15) is 0 Å². The van der Waals surface area contributed by atoms with Crippen molar-refractivity contribution in [1.29, 1.82) is 0 Å². The Hall–Kier alpha value is -0.200. The van der Waals surface area contributed by atoms with Crippen LogP contribution in [0.3, 0.4) is 0 Å². The monoisotopic (exact) mass is 257 g/mol. The molecular weight excluding hydrogens is 230 g/mol. The molecule has 5 nitrogen and oxygen atoms in total. The molecule has 0 spiro atoms. The summed E-state index contributed by atoms with van der Waals surface area (Å²) in [6.45, 7) is 8.94. The maximum absolute atomic E-state index is 5.92. The van der Waals surface area contributed by atoms with E-state index in [4.69, 9.17) is 15.3 Å². The summed E-state index contributed by atoms with van der Waals surface area (Å²) in [7, 11) is 0. The van der Waals surface area contributed by atoms with Crippen LogP contribution in [0.1, 0.15) is 26.7 Å². The summed E-state index contributed by atoms with van der Waals surface area (Å²) in [5.74, 6) is 6.22. The van der Waals surface area contributed by atoms with Gasteiger partial charge in [0, 0.05) is 31.7 Å². The standard InChI is InChI=1S/C13H27N3O2/c1-10(2)16-5-7-18-12(8-16)13(15-14)11-4-3-6-17-9-11/h10-13,15H,3-9,14H2,1-2H3. The highest BCUT2D eigenvalue weighted by Crippen LogP contribution is 2.23. The first kappa shape index (κ1) is 14.2. The van der Waals surface area contributed by atoms with Crippen molar-refractivity contribution < 1.29 is 9.47 Å². The number of ether oxygens (including phenoxy) is 2. The van der Waals surface area contributed by atoms with E-state index in [9.17, 15) is 0 Å². The Labute approximate surface area is 110 Å². The maximum atomic E-state index is 5.92. The number of rotatable bonds is 4. The molecule has 0 aromatic heterocycles. The van der Waals surface area contributed by atoms with Crippen LogP contribution >= 0.6 is 0 Å². The summed E-state index contributed by atoms with van der Waals surface area (Å²) in [4.78, 5) is 2.46. The Morgan fingerprint density at radius 1 is 1.33 bits per heavy atom. The first-order chi connectivity index (χ1) is 8.72. The number of morpholine rings is 1. The number of hydrogen-bond donors (Lipinski definition) is 2. The first-order valence-corrected chi connectivity index (χ1v) is 7.12. The summed E-state index contributed by atoms with van der Waals surface area (Å²) in [5.41, 5.74) is 2.97. The van der Waals surface area contributed by atoms with Crippen molar-refractivity contribution in [3.05, 3.63) is 0 Å². The van der Waals surface area contributed by atoms with Gasteiger partial charge in [0.05, 0.1) is 25.4 Å². The van der Waals surface area contributed by atoms with E-state index in [1.54, 1.807) is 0 Å². The van der Waals surface area contributed by atoms with Gasteiger partial charge in [-0.3, -0.25) is 16.2 Å². The molecule has 2 saturated heterocycles. The van der Waals surface area contributed by atoms with Gasteiger partial charge >= 0.3 is 0 Å². The van der Waals surface area contributed by atoms with E-state index in [0.717, 1.165) is 39.3 Å². The molecule has 5 heteroatoms. The number of hydrogen-bond acceptors (Lipinski definition) is 5. The van der Waals surface area contributed by atoms with E-state index in [1.165, 1.54) is 6.42 Å². The van der Waals surface area contributed by atoms with Gasteiger partial charge < -0.3 is 9.47 Å². The number of nitrogens with one attached hydrogen (secondary N) is 1. The smallest absolute Gasteiger partial charge is 0.0872 e. The third-order valence-electron chi connectivity index (χ3n) is 4.15. The maximum Gasteiger partial charge on any atom is 0.0872 e. The highest BCUT2D eigenvalue weighted by atomic mass is 16.5. The average molecular weight is 257 g/mol. The Kier molecular flexibility index (Phi) is 5.38. The minimum absolute atomic E-state index is 0.179. The number of nitrogens with zero attached hydrogens (tertiary/aromatic N) is 1. The number of nitrogens with two attached hydrogens (primary N) is 1. The quantitative estimate of drug-likeness (QED) is 0.562. The van der Waals surface area contributed by atoms with E-state index >= 15 is 0 Å². The van der Waals surface area contributed by atoms with Crippen molar-refractivity contribution in [3.8, 4) is 0 Å². The Morgan fingerprint density at radius 2 is 2.17 bits per heavy atom. The molecule has 0 radical (unpaired) electrons. The third kappa shape index (κ3) is 3.42. The highest BCUT2D eigenvalue weighted by Gasteiger charge is 2.34. The average Bonchev–Trinajstić information content (AvgIpc) is 2.41. The largest absolute Gasteiger partial charge is 0.381 e. The predicted molar refractivity (Wildman–Crippen MR) is 71.1 cm³/mol. The molecular formula is C13H27N3O2. The lowest BCUT2D eigenvalue weighted by Crippen LogP contribution is -2.58. The lowest BCUT2D eigenvalue weighted by molar-refractivity contribution is -0.0785. The molecule has 0 bridgehead atoms. The molecule has 2 aliphatic heterocycles. The summed E-state index contributed by atoms with van der Waals surface area (Å²) in [6.07, 6.45) is 2.48. The van der Waals surface area contributed by atoms with Gasteiger partial charge in [0.25, 0.3) is 0 Å². The molecule has 2 heterocycles. The molecule has 3 N–H and O–H groups in total. The van der Waals surface area contributed by atoms with Crippen molar-refractivity contribution in [2.75, 3.05) is 32.9 Å². The highest BCUT2D eigenvalue weighted by molar-refractivity contribution is 4.88. The van der Waals surface area contributed by atoms with Crippen LogP contribution in [-0.2, 0) is 9.47 Å². The van der Waals surface area contributed by atoms with Gasteiger partial charge in [-0.2, -0.15) is 0 Å². The molecule has 0 aromatic rings. The lowest BCUT2D eigenvalue weighted by Gasteiger charge is -2.41. The van der Waals surface area contributed by atoms with Gasteiger partial charge in [0.2, 0.25) is 0 Å². The van der Waals surface area contributed by atoms with Crippen LogP contribution in [0.2, 0.25) is 0 Å². The minimum atomic E-state index is 0.179. The molecule has 2 fully saturated rings. The fourth-order valence-electron chi connectivity index (χ4n) is 2.98. The SMILES string of the molecule is CC(C)N1CCOC(C(NN)C2CCCOC2)C1. The molecule has 0 aromatic carbocycles. The van der Waals surface area contributed by atoms with Crippen molar-refractivity contribution in [3.63, 3.8) is 0 Å². The molecule has 106 valence electrons. The molecule has 2 aliphatic rings. The van der Waals surface area contributed by atoms with Gasteiger partial charge in [-0.1, -0.05) is 0 Å². The van der Waals surface area contributed by atoms with E-state index in [1.807, 2.05) is 0 Å². The minimum Gasteiger partial charge on any atom is -0.381 e. The zero-order valence-corrected chi connectivity index (χ0v) is 11.6. The molecule has 0 aliphatic carbocycles. The van der Waals surface area contributed by atoms with Gasteiger partial charge in [-0.05, 0) is 26.7 Å². The van der Waals surface area contributed by atoms with Gasteiger partial charge in [-0.25, -0.2) is 0 Å². The molecule has 18 heavy (non-hydrogen) atoms. The van der Waals surface area contributed by atoms with Gasteiger partial charge in [-0.15, -0.1) is 0 Å². The fourth-order valence-corrected chi connectivity index (χ4v) is 2.98. The predicted octanol–water partition coefficient (Wildman–Crippen LogP) is 0.354. The molecule has 0 amide bonds. The van der Waals surface area contributed by atoms with Crippen LogP contribution in [-0.4, -0.2) is 56.0 Å². The Bertz CT molecular complexity index is 244. The van der Waals surface area contributed by atoms with Crippen molar-refractivity contribution in [2.45, 2.75) is 44.9 Å². The summed E-state index contributed by atoms with van der Waals surface area (Å²) < 4.78 is 11.5. The summed E-state index contributed by atoms with van der Waals surface area (Å²) in [5, 5.41) is 0. The van der Waals surface area contributed by atoms with E-state index in [2.05, 4.69) is 24.2 Å². The summed E-state index contributed by atoms with van der Waals surface area (Å²) >= 11 is 0. The van der Waals surface area contributed by atoms with Crippen LogP contribution in [0.4, 0.5) is 0 Å². The van der Waals surface area contributed by atoms with Crippen LogP contribution in [0.5, 0.6) is 0 Å². The lowest BCUT2D eigenvalue weighted by atomic mass is 9.89. The van der Waals surface area contributed by atoms with Crippen LogP contribution in [0.15, 0.2) is 0 Å². The second-order valence-corrected chi connectivity index (χ2v) is 5.67. The fraction of sp³-hybridized carbons (Fsp3) is 1.00. The van der Waals surface area contributed by atoms with Crippen LogP contribution < -0.4 is 11.3 Å². The molecule has 0 saturated carbocycles. The van der Waals surface area contributed by atoms with Crippen molar-refractivity contribution in [2.24, 2.45) is 11.8 Å². The molecule has 2 rings (SSSR count). The van der Waals surface area contributed by atoms with Crippen LogP contribution in [0, 0.1) is 5.92 Å². The third-order valence-corrected chi connectivity index (χ3v) is 4.15. The zero-order chi connectivity index (χ0) is 13.0. The molecule has 3 atom stereocenters. The first-order valence-electron chi connectivity index (χ1n) is 7.12. The van der Waals surface area contributed by atoms with E-state index in [0.29, 0.717) is 12.0 Å². The second-order valence-electron chi connectivity index (χ2n) is 5.67. The number of hydrazine groups is 1. The second kappa shape index (κ2) is 6.82. The van der Waals surface area contributed by atoms with Crippen LogP contribution in [0.25, 0.3) is 0 Å². The van der Waals surface area contributed by atoms with Crippen molar-refractivity contribution in [1.82, 2.24) is 10.3 Å². The molecule has 3 unspecified atom stereocenters. The zero-order valence-electron chi connectivity index (χ0n) is 11.6. The Balaban J connectivity index is 1.93. The van der Waals surface area contributed by atoms with Gasteiger partial charge in [0.15, 0.2) is 0 Å².